The topological polar surface area (TPSA) is 140 Å². The summed E-state index contributed by atoms with van der Waals surface area (Å²) in [7, 11) is 0. The fraction of sp³-hybridized carbons (Fsp3) is 0.241. The molecular formula is C29H28N4O7. The Hall–Kier alpha value is -5.06. The van der Waals surface area contributed by atoms with E-state index in [9.17, 15) is 19.5 Å². The highest BCUT2D eigenvalue weighted by molar-refractivity contribution is 6.01. The minimum atomic E-state index is -1.04. The number of nitrogens with zero attached hydrogens (tertiary/aromatic N) is 2. The van der Waals surface area contributed by atoms with Crippen molar-refractivity contribution in [2.75, 3.05) is 25.3 Å². The van der Waals surface area contributed by atoms with Crippen molar-refractivity contribution in [2.45, 2.75) is 26.3 Å². The van der Waals surface area contributed by atoms with Crippen LogP contribution >= 0.6 is 0 Å². The van der Waals surface area contributed by atoms with Gasteiger partial charge in [0.1, 0.15) is 18.1 Å². The van der Waals surface area contributed by atoms with Crippen molar-refractivity contribution in [1.29, 1.82) is 0 Å². The van der Waals surface area contributed by atoms with Crippen molar-refractivity contribution < 1.29 is 33.7 Å². The average Bonchev–Trinajstić information content (AvgIpc) is 3.55. The van der Waals surface area contributed by atoms with Gasteiger partial charge in [0.15, 0.2) is 17.1 Å². The van der Waals surface area contributed by atoms with E-state index in [0.29, 0.717) is 39.8 Å². The molecule has 5 rings (SSSR count). The first-order valence-corrected chi connectivity index (χ1v) is 12.7. The van der Waals surface area contributed by atoms with Gasteiger partial charge in [-0.2, -0.15) is 0 Å². The number of rotatable bonds is 10. The monoisotopic (exact) mass is 544 g/mol. The zero-order valence-corrected chi connectivity index (χ0v) is 22.0. The molecule has 2 aromatic heterocycles. The maximum atomic E-state index is 13.6. The molecule has 0 bridgehead atoms. The number of carboxylic acids is 1. The number of nitrogens with one attached hydrogen (secondary N) is 2. The quantitative estimate of drug-likeness (QED) is 0.253. The summed E-state index contributed by atoms with van der Waals surface area (Å²) in [4.78, 5) is 42.1. The summed E-state index contributed by atoms with van der Waals surface area (Å²) in [5, 5.41) is 15.5. The summed E-state index contributed by atoms with van der Waals surface area (Å²) in [6, 6.07) is 15.2. The molecule has 11 nitrogen and oxygen atoms in total. The van der Waals surface area contributed by atoms with Gasteiger partial charge in [0, 0.05) is 11.8 Å². The van der Waals surface area contributed by atoms with Crippen molar-refractivity contribution >= 4 is 29.3 Å². The lowest BCUT2D eigenvalue weighted by Gasteiger charge is -2.18. The van der Waals surface area contributed by atoms with E-state index in [1.807, 2.05) is 31.2 Å². The van der Waals surface area contributed by atoms with Gasteiger partial charge in [-0.15, -0.1) is 0 Å². The molecule has 40 heavy (non-hydrogen) atoms. The Morgan fingerprint density at radius 1 is 1.10 bits per heavy atom. The number of pyridine rings is 1. The number of hydrogen-bond acceptors (Lipinski definition) is 8. The third-order valence-corrected chi connectivity index (χ3v) is 6.37. The molecule has 1 aliphatic heterocycles. The number of hydrogen-bond donors (Lipinski definition) is 3. The first-order chi connectivity index (χ1) is 19.3. The normalized spacial score (nSPS) is 12.7. The fourth-order valence-electron chi connectivity index (χ4n) is 4.58. The predicted octanol–water partition coefficient (Wildman–Crippen LogP) is 3.96. The summed E-state index contributed by atoms with van der Waals surface area (Å²) < 4.78 is 17.7. The molecule has 0 saturated carbocycles. The van der Waals surface area contributed by atoms with E-state index in [1.165, 1.54) is 0 Å². The molecule has 0 fully saturated rings. The second-order valence-electron chi connectivity index (χ2n) is 9.19. The molecule has 206 valence electrons. The Morgan fingerprint density at radius 3 is 2.70 bits per heavy atom. The first kappa shape index (κ1) is 26.5. The average molecular weight is 545 g/mol. The van der Waals surface area contributed by atoms with Crippen LogP contribution in [0, 0.1) is 6.92 Å². The number of carbonyl (C=O) groups is 3. The molecule has 2 aromatic carbocycles. The molecule has 1 amide bonds. The maximum Gasteiger partial charge on any atom is 0.325 e. The molecule has 0 aliphatic carbocycles. The lowest BCUT2D eigenvalue weighted by Crippen LogP contribution is -2.30. The van der Waals surface area contributed by atoms with E-state index < -0.39 is 23.9 Å². The summed E-state index contributed by atoms with van der Waals surface area (Å²) in [6.07, 6.45) is 1.43. The van der Waals surface area contributed by atoms with E-state index in [1.54, 1.807) is 47.9 Å². The second kappa shape index (κ2) is 11.4. The van der Waals surface area contributed by atoms with Crippen LogP contribution in [-0.2, 0) is 14.3 Å². The highest BCUT2D eigenvalue weighted by atomic mass is 16.7. The lowest BCUT2D eigenvalue weighted by molar-refractivity contribution is -0.141. The van der Waals surface area contributed by atoms with Gasteiger partial charge in [-0.25, -0.2) is 4.98 Å². The predicted molar refractivity (Wildman–Crippen MR) is 146 cm³/mol. The van der Waals surface area contributed by atoms with Gasteiger partial charge in [0.05, 0.1) is 24.6 Å². The number of anilines is 1. The molecule has 0 spiro atoms. The Morgan fingerprint density at radius 2 is 1.93 bits per heavy atom. The fourth-order valence-corrected chi connectivity index (χ4v) is 4.58. The maximum absolute atomic E-state index is 13.6. The zero-order valence-electron chi connectivity index (χ0n) is 22.0. The number of carbonyl (C=O) groups excluding carboxylic acids is 2. The largest absolute Gasteiger partial charge is 0.481 e. The van der Waals surface area contributed by atoms with Gasteiger partial charge < -0.3 is 30.0 Å². The molecule has 1 unspecified atom stereocenters. The molecule has 3 N–H and O–H groups in total. The van der Waals surface area contributed by atoms with E-state index in [2.05, 4.69) is 10.6 Å². The van der Waals surface area contributed by atoms with Gasteiger partial charge in [0.2, 0.25) is 6.79 Å². The highest BCUT2D eigenvalue weighted by Gasteiger charge is 2.25. The number of aromatic nitrogens is 2. The zero-order chi connectivity index (χ0) is 28.2. The first-order valence-electron chi connectivity index (χ1n) is 12.7. The number of aryl methyl sites for hydroxylation is 1. The molecule has 1 aliphatic rings. The third kappa shape index (κ3) is 5.53. The molecular weight excluding hydrogens is 516 g/mol. The van der Waals surface area contributed by atoms with Gasteiger partial charge in [0.25, 0.3) is 5.91 Å². The Kier molecular flexibility index (Phi) is 7.54. The van der Waals surface area contributed by atoms with Gasteiger partial charge >= 0.3 is 11.9 Å². The Bertz CT molecular complexity index is 1600. The number of fused-ring (bicyclic) bond motifs is 2. The smallest absolute Gasteiger partial charge is 0.325 e. The number of amides is 1. The van der Waals surface area contributed by atoms with Gasteiger partial charge in [-0.1, -0.05) is 29.8 Å². The number of ether oxygens (including phenoxy) is 3. The number of carboxylic acid groups (broad SMARTS) is 1. The summed E-state index contributed by atoms with van der Waals surface area (Å²) in [6.45, 7) is 3.86. The standard InChI is InChI=1S/C29H28N4O7/c1-3-38-25(36)15-30-28-26(19-9-10-22-23(13-19)40-16-39-22)32-27-20(8-5-11-33(27)28)29(37)31-21(14-24(34)35)18-7-4-6-17(2)12-18/h4-13,21,30H,3,14-16H2,1-2H3,(H,31,37)(H,34,35). The summed E-state index contributed by atoms with van der Waals surface area (Å²) in [5.41, 5.74) is 3.33. The molecule has 0 saturated heterocycles. The lowest BCUT2D eigenvalue weighted by atomic mass is 10.0. The SMILES string of the molecule is CCOC(=O)CNc1c(-c2ccc3c(c2)OCO3)nc2c(C(=O)NC(CC(=O)O)c3cccc(C)c3)cccn12. The van der Waals surface area contributed by atoms with Gasteiger partial charge in [-0.3, -0.25) is 18.8 Å². The van der Waals surface area contributed by atoms with E-state index in [0.717, 1.165) is 5.56 Å². The van der Waals surface area contributed by atoms with Crippen LogP contribution in [-0.4, -0.2) is 52.3 Å². The van der Waals surface area contributed by atoms with Crippen molar-refractivity contribution in [1.82, 2.24) is 14.7 Å². The van der Waals surface area contributed by atoms with Crippen molar-refractivity contribution in [3.8, 4) is 22.8 Å². The molecule has 11 heteroatoms. The van der Waals surface area contributed by atoms with Crippen LogP contribution in [0.15, 0.2) is 60.8 Å². The van der Waals surface area contributed by atoms with Crippen molar-refractivity contribution in [2.24, 2.45) is 0 Å². The van der Waals surface area contributed by atoms with Crippen molar-refractivity contribution in [3.05, 3.63) is 77.5 Å². The van der Waals surface area contributed by atoms with Crippen LogP contribution in [0.5, 0.6) is 11.5 Å². The Labute approximate surface area is 229 Å². The van der Waals surface area contributed by atoms with Crippen LogP contribution in [0.1, 0.15) is 40.9 Å². The van der Waals surface area contributed by atoms with Gasteiger partial charge in [-0.05, 0) is 49.7 Å². The molecule has 0 radical (unpaired) electrons. The van der Waals surface area contributed by atoms with Crippen LogP contribution < -0.4 is 20.1 Å². The van der Waals surface area contributed by atoms with Crippen LogP contribution in [0.2, 0.25) is 0 Å². The van der Waals surface area contributed by atoms with E-state index in [-0.39, 0.29) is 31.9 Å². The van der Waals surface area contributed by atoms with Crippen molar-refractivity contribution in [3.63, 3.8) is 0 Å². The molecule has 4 aromatic rings. The summed E-state index contributed by atoms with van der Waals surface area (Å²) >= 11 is 0. The number of aliphatic carboxylic acids is 1. The number of imidazole rings is 1. The molecule has 3 heterocycles. The van der Waals surface area contributed by atoms with Crippen LogP contribution in [0.3, 0.4) is 0 Å². The van der Waals surface area contributed by atoms with Crippen LogP contribution in [0.25, 0.3) is 16.9 Å². The second-order valence-corrected chi connectivity index (χ2v) is 9.19. The molecule has 1 atom stereocenters. The highest BCUT2D eigenvalue weighted by Crippen LogP contribution is 2.38. The minimum absolute atomic E-state index is 0.112. The number of benzene rings is 2. The third-order valence-electron chi connectivity index (χ3n) is 6.37. The number of esters is 1. The van der Waals surface area contributed by atoms with Crippen LogP contribution in [0.4, 0.5) is 5.82 Å². The summed E-state index contributed by atoms with van der Waals surface area (Å²) in [5.74, 6) is -0.346. The van der Waals surface area contributed by atoms with E-state index >= 15 is 0 Å². The minimum Gasteiger partial charge on any atom is -0.481 e. The Balaban J connectivity index is 1.55. The van der Waals surface area contributed by atoms with E-state index in [4.69, 9.17) is 19.2 Å².